The average molecular weight is 536 g/mol. The number of aromatic nitrogens is 1. The molecule has 152 valence electrons. The predicted octanol–water partition coefficient (Wildman–Crippen LogP) is 5.71. The molecule has 0 bridgehead atoms. The Bertz CT molecular complexity index is 869. The van der Waals surface area contributed by atoms with Gasteiger partial charge in [-0.3, -0.25) is 0 Å². The van der Waals surface area contributed by atoms with Crippen LogP contribution in [0, 0.1) is 11.6 Å². The zero-order valence-electron chi connectivity index (χ0n) is 15.9. The molecule has 0 saturated heterocycles. The van der Waals surface area contributed by atoms with E-state index in [1.165, 1.54) is 23.3 Å². The van der Waals surface area contributed by atoms with Crippen LogP contribution in [0.1, 0.15) is 55.6 Å². The Morgan fingerprint density at radius 3 is 2.36 bits per heavy atom. The number of halogens is 4. The smallest absolute Gasteiger partial charge is 0.136 e. The summed E-state index contributed by atoms with van der Waals surface area (Å²) < 4.78 is 44.5. The molecule has 0 spiro atoms. The molecule has 2 atom stereocenters. The van der Waals surface area contributed by atoms with Crippen molar-refractivity contribution in [1.82, 2.24) is 9.71 Å². The van der Waals surface area contributed by atoms with Gasteiger partial charge in [-0.05, 0) is 107 Å². The predicted molar refractivity (Wildman–Crippen MR) is 115 cm³/mol. The van der Waals surface area contributed by atoms with Crippen LogP contribution < -0.4 is 4.72 Å². The molecule has 0 radical (unpaired) electrons. The fourth-order valence-electron chi connectivity index (χ4n) is 3.29. The third-order valence-electron chi connectivity index (χ3n) is 4.67. The summed E-state index contributed by atoms with van der Waals surface area (Å²) in [6.07, 6.45) is 3.21. The van der Waals surface area contributed by atoms with Crippen molar-refractivity contribution >= 4 is 43.2 Å². The van der Waals surface area contributed by atoms with Crippen LogP contribution in [0.4, 0.5) is 8.78 Å². The molecule has 2 aromatic rings. The van der Waals surface area contributed by atoms with E-state index in [0.29, 0.717) is 11.3 Å². The second-order valence-corrected chi connectivity index (χ2v) is 11.5. The first-order chi connectivity index (χ1) is 13.1. The van der Waals surface area contributed by atoms with Crippen molar-refractivity contribution in [3.05, 3.63) is 61.3 Å². The second-order valence-electron chi connectivity index (χ2n) is 7.95. The SMILES string of the molecule is CC(C)(C)[S+]([O-])N[C@@H](Cc1cc(F)cc(F)c1)c1nc(Br)c2c(c1Br)CCC2. The minimum atomic E-state index is -1.38. The Morgan fingerprint density at radius 1 is 1.14 bits per heavy atom. The van der Waals surface area contributed by atoms with Gasteiger partial charge in [-0.25, -0.2) is 13.8 Å². The first-order valence-electron chi connectivity index (χ1n) is 9.06. The Hall–Kier alpha value is -0.540. The number of hydrogen-bond donors (Lipinski definition) is 1. The van der Waals surface area contributed by atoms with E-state index in [1.54, 1.807) is 0 Å². The fraction of sp³-hybridized carbons (Fsp3) is 0.450. The number of pyridine rings is 1. The Labute approximate surface area is 184 Å². The zero-order chi connectivity index (χ0) is 20.6. The topological polar surface area (TPSA) is 48.0 Å². The van der Waals surface area contributed by atoms with Crippen LogP contribution in [0.25, 0.3) is 0 Å². The molecule has 1 aromatic carbocycles. The van der Waals surface area contributed by atoms with Gasteiger partial charge in [0.05, 0.1) is 11.7 Å². The highest BCUT2D eigenvalue weighted by atomic mass is 79.9. The normalized spacial score (nSPS) is 16.1. The van der Waals surface area contributed by atoms with Crippen LogP contribution in [0.2, 0.25) is 0 Å². The molecular weight excluding hydrogens is 514 g/mol. The highest BCUT2D eigenvalue weighted by Crippen LogP contribution is 2.38. The van der Waals surface area contributed by atoms with E-state index in [4.69, 9.17) is 4.98 Å². The van der Waals surface area contributed by atoms with Gasteiger partial charge in [-0.1, -0.05) is 0 Å². The van der Waals surface area contributed by atoms with Crippen molar-refractivity contribution in [3.63, 3.8) is 0 Å². The summed E-state index contributed by atoms with van der Waals surface area (Å²) in [6.45, 7) is 5.61. The van der Waals surface area contributed by atoms with Gasteiger partial charge < -0.3 is 4.55 Å². The lowest BCUT2D eigenvalue weighted by Gasteiger charge is -2.28. The lowest BCUT2D eigenvalue weighted by molar-refractivity contribution is 0.515. The summed E-state index contributed by atoms with van der Waals surface area (Å²) in [7, 11) is 0. The molecule has 1 aromatic heterocycles. The van der Waals surface area contributed by atoms with E-state index in [1.807, 2.05) is 20.8 Å². The summed E-state index contributed by atoms with van der Waals surface area (Å²) in [5, 5.41) is 0. The zero-order valence-corrected chi connectivity index (χ0v) is 19.9. The molecule has 1 N–H and O–H groups in total. The maximum atomic E-state index is 13.7. The first kappa shape index (κ1) is 22.2. The quantitative estimate of drug-likeness (QED) is 0.394. The molecular formula is C20H22Br2F2N2OS. The molecule has 1 aliphatic rings. The molecule has 1 aliphatic carbocycles. The number of nitrogens with zero attached hydrogens (tertiary/aromatic N) is 1. The Balaban J connectivity index is 2.02. The van der Waals surface area contributed by atoms with Crippen LogP contribution in [0.5, 0.6) is 0 Å². The van der Waals surface area contributed by atoms with Gasteiger partial charge in [-0.15, -0.1) is 4.72 Å². The molecule has 28 heavy (non-hydrogen) atoms. The van der Waals surface area contributed by atoms with Gasteiger partial charge in [0.1, 0.15) is 21.0 Å². The van der Waals surface area contributed by atoms with Crippen LogP contribution in [0.15, 0.2) is 27.3 Å². The van der Waals surface area contributed by atoms with Crippen molar-refractivity contribution < 1.29 is 13.3 Å². The average Bonchev–Trinajstić information content (AvgIpc) is 3.06. The van der Waals surface area contributed by atoms with Gasteiger partial charge >= 0.3 is 0 Å². The summed E-state index contributed by atoms with van der Waals surface area (Å²) >= 11 is 5.86. The number of benzene rings is 1. The number of fused-ring (bicyclic) bond motifs is 1. The molecule has 0 saturated carbocycles. The Kier molecular flexibility index (Phi) is 6.86. The van der Waals surface area contributed by atoms with Gasteiger partial charge in [-0.2, -0.15) is 0 Å². The van der Waals surface area contributed by atoms with E-state index < -0.39 is 33.8 Å². The van der Waals surface area contributed by atoms with E-state index in [9.17, 15) is 13.3 Å². The molecule has 0 fully saturated rings. The van der Waals surface area contributed by atoms with Gasteiger partial charge in [0, 0.05) is 21.9 Å². The van der Waals surface area contributed by atoms with Crippen molar-refractivity contribution in [2.75, 3.05) is 0 Å². The standard InChI is InChI=1S/C20H22Br2F2N2OS/c1-20(2,3)28(27)26-16(9-11-7-12(23)10-13(24)8-11)18-17(21)14-5-4-6-15(14)19(22)25-18/h7-8,10,16,26H,4-6,9H2,1-3H3/t16-,28?/m0/s1. The molecule has 3 rings (SSSR count). The van der Waals surface area contributed by atoms with Crippen molar-refractivity contribution in [3.8, 4) is 0 Å². The van der Waals surface area contributed by atoms with Crippen molar-refractivity contribution in [2.24, 2.45) is 0 Å². The van der Waals surface area contributed by atoms with Gasteiger partial charge in [0.2, 0.25) is 0 Å². The first-order valence-corrected chi connectivity index (χ1v) is 11.8. The third kappa shape index (κ3) is 4.95. The highest BCUT2D eigenvalue weighted by molar-refractivity contribution is 9.11. The summed E-state index contributed by atoms with van der Waals surface area (Å²) in [5.74, 6) is -1.26. The number of nitrogens with one attached hydrogen (secondary N) is 1. The van der Waals surface area contributed by atoms with E-state index in [2.05, 4.69) is 36.6 Å². The highest BCUT2D eigenvalue weighted by Gasteiger charge is 2.33. The Morgan fingerprint density at radius 2 is 1.75 bits per heavy atom. The summed E-state index contributed by atoms with van der Waals surface area (Å²) in [4.78, 5) is 4.71. The monoisotopic (exact) mass is 534 g/mol. The lowest BCUT2D eigenvalue weighted by Crippen LogP contribution is -2.42. The van der Waals surface area contributed by atoms with Crippen LogP contribution in [-0.4, -0.2) is 14.3 Å². The second kappa shape index (κ2) is 8.68. The van der Waals surface area contributed by atoms with Gasteiger partial charge in [0.15, 0.2) is 0 Å². The van der Waals surface area contributed by atoms with Gasteiger partial charge in [0.25, 0.3) is 0 Å². The molecule has 1 heterocycles. The third-order valence-corrected chi connectivity index (χ3v) is 7.82. The summed E-state index contributed by atoms with van der Waals surface area (Å²) in [6, 6.07) is 2.97. The molecule has 3 nitrogen and oxygen atoms in total. The number of rotatable bonds is 5. The molecule has 0 aliphatic heterocycles. The lowest BCUT2D eigenvalue weighted by atomic mass is 10.0. The molecule has 8 heteroatoms. The summed E-state index contributed by atoms with van der Waals surface area (Å²) in [5.41, 5.74) is 3.54. The molecule has 0 amide bonds. The fourth-order valence-corrected chi connectivity index (χ4v) is 5.52. The molecule has 1 unspecified atom stereocenters. The largest absolute Gasteiger partial charge is 0.598 e. The van der Waals surface area contributed by atoms with Crippen LogP contribution in [-0.2, 0) is 30.6 Å². The van der Waals surface area contributed by atoms with E-state index in [-0.39, 0.29) is 6.42 Å². The number of hydrogen-bond acceptors (Lipinski definition) is 3. The van der Waals surface area contributed by atoms with E-state index >= 15 is 0 Å². The van der Waals surface area contributed by atoms with Crippen molar-refractivity contribution in [2.45, 2.75) is 57.2 Å². The minimum Gasteiger partial charge on any atom is -0.598 e. The maximum Gasteiger partial charge on any atom is 0.136 e. The maximum absolute atomic E-state index is 13.7. The van der Waals surface area contributed by atoms with Crippen molar-refractivity contribution in [1.29, 1.82) is 0 Å². The minimum absolute atomic E-state index is 0.257. The van der Waals surface area contributed by atoms with Crippen LogP contribution in [0.3, 0.4) is 0 Å². The van der Waals surface area contributed by atoms with Crippen LogP contribution >= 0.6 is 31.9 Å². The van der Waals surface area contributed by atoms with E-state index in [0.717, 1.165) is 34.4 Å².